The third kappa shape index (κ3) is 1.72. The molecule has 0 atom stereocenters. The van der Waals surface area contributed by atoms with Gasteiger partial charge in [-0.2, -0.15) is 0 Å². The maximum absolute atomic E-state index is 13.4. The van der Waals surface area contributed by atoms with Crippen LogP contribution < -0.4 is 4.90 Å². The normalized spacial score (nSPS) is 17.8. The van der Waals surface area contributed by atoms with Crippen LogP contribution in [0.15, 0.2) is 28.7 Å². The average Bonchev–Trinajstić information content (AvgIpc) is 2.68. The van der Waals surface area contributed by atoms with Crippen molar-refractivity contribution < 1.29 is 18.7 Å². The first kappa shape index (κ1) is 11.1. The summed E-state index contributed by atoms with van der Waals surface area (Å²) in [6.07, 6.45) is 0. The van der Waals surface area contributed by atoms with Gasteiger partial charge in [-0.3, -0.25) is 0 Å². The highest BCUT2D eigenvalue weighted by atomic mass is 19.1. The number of benzene rings is 1. The highest BCUT2D eigenvalue weighted by Crippen LogP contribution is 2.32. The van der Waals surface area contributed by atoms with Crippen LogP contribution in [0, 0.1) is 0 Å². The number of anilines is 1. The maximum atomic E-state index is 13.4. The van der Waals surface area contributed by atoms with Crippen LogP contribution in [0.25, 0.3) is 11.0 Å². The Bertz CT molecular complexity index is 624. The quantitative estimate of drug-likeness (QED) is 0.889. The van der Waals surface area contributed by atoms with Crippen LogP contribution in [0.4, 0.5) is 10.1 Å². The van der Waals surface area contributed by atoms with Gasteiger partial charge in [0, 0.05) is 17.1 Å². The van der Waals surface area contributed by atoms with Gasteiger partial charge in [-0.1, -0.05) is 0 Å². The molecule has 3 rings (SSSR count). The number of aromatic carboxylic acids is 1. The minimum atomic E-state index is -1.13. The number of hydrogen-bond donors (Lipinski definition) is 1. The van der Waals surface area contributed by atoms with E-state index in [4.69, 9.17) is 9.52 Å². The number of alkyl halides is 1. The Balaban J connectivity index is 1.94. The number of fused-ring (bicyclic) bond motifs is 1. The van der Waals surface area contributed by atoms with Crippen molar-refractivity contribution in [2.24, 2.45) is 0 Å². The fraction of sp³-hybridized carbons (Fsp3) is 0.308. The lowest BCUT2D eigenvalue weighted by molar-refractivity contribution is 0.0665. The van der Waals surface area contributed by atoms with E-state index in [1.807, 2.05) is 11.0 Å². The Morgan fingerprint density at radius 1 is 1.44 bits per heavy atom. The van der Waals surface area contributed by atoms with Gasteiger partial charge in [-0.05, 0) is 25.1 Å². The van der Waals surface area contributed by atoms with Crippen molar-refractivity contribution in [1.29, 1.82) is 0 Å². The van der Waals surface area contributed by atoms with Gasteiger partial charge < -0.3 is 14.4 Å². The SMILES string of the molecule is CC1(F)CN(c2ccc3cc(C(=O)O)oc3c2)C1. The van der Waals surface area contributed by atoms with Gasteiger partial charge in [0.05, 0.1) is 13.1 Å². The van der Waals surface area contributed by atoms with E-state index in [0.29, 0.717) is 18.7 Å². The maximum Gasteiger partial charge on any atom is 0.371 e. The number of halogens is 1. The second-order valence-electron chi connectivity index (χ2n) is 4.91. The van der Waals surface area contributed by atoms with E-state index < -0.39 is 11.6 Å². The minimum Gasteiger partial charge on any atom is -0.475 e. The predicted octanol–water partition coefficient (Wildman–Crippen LogP) is 2.68. The number of nitrogens with zero attached hydrogens (tertiary/aromatic N) is 1. The molecule has 1 saturated heterocycles. The summed E-state index contributed by atoms with van der Waals surface area (Å²) in [5.41, 5.74) is 0.228. The monoisotopic (exact) mass is 249 g/mol. The molecule has 2 aromatic rings. The van der Waals surface area contributed by atoms with Crippen molar-refractivity contribution in [3.63, 3.8) is 0 Å². The molecule has 0 bridgehead atoms. The molecule has 18 heavy (non-hydrogen) atoms. The van der Waals surface area contributed by atoms with Crippen molar-refractivity contribution in [2.45, 2.75) is 12.6 Å². The summed E-state index contributed by atoms with van der Waals surface area (Å²) in [6, 6.07) is 6.86. The highest BCUT2D eigenvalue weighted by Gasteiger charge is 2.38. The Morgan fingerprint density at radius 2 is 2.17 bits per heavy atom. The Hall–Kier alpha value is -2.04. The van der Waals surface area contributed by atoms with Crippen molar-refractivity contribution in [3.05, 3.63) is 30.0 Å². The molecule has 1 N–H and O–H groups in total. The van der Waals surface area contributed by atoms with E-state index in [9.17, 15) is 9.18 Å². The number of carbonyl (C=O) groups is 1. The number of carboxylic acid groups (broad SMARTS) is 1. The fourth-order valence-corrected chi connectivity index (χ4v) is 2.25. The van der Waals surface area contributed by atoms with Crippen molar-refractivity contribution >= 4 is 22.6 Å². The zero-order valence-corrected chi connectivity index (χ0v) is 9.81. The molecular formula is C13H12FNO3. The number of furan rings is 1. The zero-order chi connectivity index (χ0) is 12.9. The van der Waals surface area contributed by atoms with Crippen molar-refractivity contribution in [3.8, 4) is 0 Å². The van der Waals surface area contributed by atoms with Crippen LogP contribution in [-0.2, 0) is 0 Å². The van der Waals surface area contributed by atoms with E-state index in [1.54, 1.807) is 19.1 Å². The van der Waals surface area contributed by atoms with Crippen LogP contribution in [0.5, 0.6) is 0 Å². The summed E-state index contributed by atoms with van der Waals surface area (Å²) in [4.78, 5) is 12.7. The first-order valence-electron chi connectivity index (χ1n) is 5.65. The highest BCUT2D eigenvalue weighted by molar-refractivity contribution is 5.92. The molecule has 2 heterocycles. The topological polar surface area (TPSA) is 53.7 Å². The molecule has 0 radical (unpaired) electrons. The van der Waals surface area contributed by atoms with Crippen LogP contribution in [0.1, 0.15) is 17.5 Å². The Labute approximate surface area is 103 Å². The summed E-state index contributed by atoms with van der Waals surface area (Å²) in [7, 11) is 0. The van der Waals surface area contributed by atoms with Gasteiger partial charge in [-0.25, -0.2) is 9.18 Å². The average molecular weight is 249 g/mol. The molecule has 4 nitrogen and oxygen atoms in total. The van der Waals surface area contributed by atoms with Gasteiger partial charge in [0.25, 0.3) is 0 Å². The zero-order valence-electron chi connectivity index (χ0n) is 9.81. The van der Waals surface area contributed by atoms with E-state index in [2.05, 4.69) is 0 Å². The van der Waals surface area contributed by atoms with Crippen molar-refractivity contribution in [1.82, 2.24) is 0 Å². The largest absolute Gasteiger partial charge is 0.475 e. The van der Waals surface area contributed by atoms with Gasteiger partial charge in [-0.15, -0.1) is 0 Å². The minimum absolute atomic E-state index is 0.0823. The molecular weight excluding hydrogens is 237 g/mol. The molecule has 1 aromatic heterocycles. The molecule has 94 valence electrons. The fourth-order valence-electron chi connectivity index (χ4n) is 2.25. The summed E-state index contributed by atoms with van der Waals surface area (Å²) in [6.45, 7) is 2.27. The first-order valence-corrected chi connectivity index (χ1v) is 5.65. The van der Waals surface area contributed by atoms with Gasteiger partial charge in [0.1, 0.15) is 11.3 Å². The molecule has 0 aliphatic carbocycles. The van der Waals surface area contributed by atoms with Crippen LogP contribution in [-0.4, -0.2) is 29.8 Å². The molecule has 1 aromatic carbocycles. The molecule has 0 unspecified atom stereocenters. The van der Waals surface area contributed by atoms with Crippen molar-refractivity contribution in [2.75, 3.05) is 18.0 Å². The number of rotatable bonds is 2. The molecule has 0 spiro atoms. The molecule has 5 heteroatoms. The van der Waals surface area contributed by atoms with Gasteiger partial charge in [0.15, 0.2) is 0 Å². The molecule has 1 aliphatic heterocycles. The van der Waals surface area contributed by atoms with Gasteiger partial charge >= 0.3 is 5.97 Å². The third-order valence-corrected chi connectivity index (χ3v) is 3.12. The Morgan fingerprint density at radius 3 is 2.78 bits per heavy atom. The number of hydrogen-bond acceptors (Lipinski definition) is 3. The molecule has 1 fully saturated rings. The molecule has 1 aliphatic rings. The standard InChI is InChI=1S/C13H12FNO3/c1-13(14)6-15(7-13)9-3-2-8-4-11(12(16)17)18-10(8)5-9/h2-5H,6-7H2,1H3,(H,16,17). The smallest absolute Gasteiger partial charge is 0.371 e. The van der Waals surface area contributed by atoms with E-state index in [1.165, 1.54) is 6.07 Å². The summed E-state index contributed by atoms with van der Waals surface area (Å²) in [5.74, 6) is -1.17. The second-order valence-corrected chi connectivity index (χ2v) is 4.91. The summed E-state index contributed by atoms with van der Waals surface area (Å²) < 4.78 is 18.6. The second kappa shape index (κ2) is 3.48. The Kier molecular flexibility index (Phi) is 2.14. The van der Waals surface area contributed by atoms with Crippen LogP contribution >= 0.6 is 0 Å². The van der Waals surface area contributed by atoms with Crippen LogP contribution in [0.2, 0.25) is 0 Å². The molecule has 0 saturated carbocycles. The predicted molar refractivity (Wildman–Crippen MR) is 64.9 cm³/mol. The third-order valence-electron chi connectivity index (χ3n) is 3.12. The van der Waals surface area contributed by atoms with Gasteiger partial charge in [0.2, 0.25) is 5.76 Å². The summed E-state index contributed by atoms with van der Waals surface area (Å²) >= 11 is 0. The van der Waals surface area contributed by atoms with E-state index >= 15 is 0 Å². The van der Waals surface area contributed by atoms with E-state index in [-0.39, 0.29) is 5.76 Å². The van der Waals surface area contributed by atoms with Crippen LogP contribution in [0.3, 0.4) is 0 Å². The van der Waals surface area contributed by atoms with E-state index in [0.717, 1.165) is 11.1 Å². The number of carboxylic acids is 1. The first-order chi connectivity index (χ1) is 8.44. The lowest BCUT2D eigenvalue weighted by atomic mass is 9.98. The lowest BCUT2D eigenvalue weighted by Crippen LogP contribution is -2.57. The lowest BCUT2D eigenvalue weighted by Gasteiger charge is -2.43. The molecule has 0 amide bonds. The summed E-state index contributed by atoms with van der Waals surface area (Å²) in [5, 5.41) is 9.57.